The van der Waals surface area contributed by atoms with Crippen LogP contribution in [0, 0.1) is 0 Å². The number of hydrogen-bond donors (Lipinski definition) is 4. The maximum Gasteiger partial charge on any atom is 0.184 e. The predicted octanol–water partition coefficient (Wildman–Crippen LogP) is -2.40. The summed E-state index contributed by atoms with van der Waals surface area (Å²) in [5.41, 5.74) is 0. The first-order valence-corrected chi connectivity index (χ1v) is 4.35. The van der Waals surface area contributed by atoms with E-state index in [2.05, 4.69) is 4.37 Å². The zero-order chi connectivity index (χ0) is 10.9. The average Bonchev–Trinajstić information content (AvgIpc) is 2.10. The van der Waals surface area contributed by atoms with Gasteiger partial charge in [0.25, 0.3) is 0 Å². The van der Waals surface area contributed by atoms with Crippen LogP contribution >= 0.6 is 0 Å². The van der Waals surface area contributed by atoms with E-state index in [-0.39, 0.29) is 6.61 Å². The molecule has 6 nitrogen and oxygen atoms in total. The van der Waals surface area contributed by atoms with Gasteiger partial charge >= 0.3 is 0 Å². The fourth-order valence-corrected chi connectivity index (χ4v) is 1.40. The van der Waals surface area contributed by atoms with Crippen LogP contribution in [0.5, 0.6) is 0 Å². The number of rotatable bonds is 2. The molecule has 1 saturated heterocycles. The van der Waals surface area contributed by atoms with Crippen molar-refractivity contribution in [1.82, 2.24) is 0 Å². The number of hydrogen-bond acceptors (Lipinski definition) is 5. The molecule has 6 heteroatoms. The lowest BCUT2D eigenvalue weighted by Crippen LogP contribution is -2.59. The maximum atomic E-state index is 9.49. The van der Waals surface area contributed by atoms with Crippen LogP contribution in [-0.4, -0.2) is 72.0 Å². The first-order valence-electron chi connectivity index (χ1n) is 4.35. The first kappa shape index (κ1) is 11.8. The summed E-state index contributed by atoms with van der Waals surface area (Å²) < 4.78 is 7.42. The van der Waals surface area contributed by atoms with Crippen LogP contribution in [0.3, 0.4) is 0 Å². The lowest BCUT2D eigenvalue weighted by Gasteiger charge is -2.37. The Hall–Kier alpha value is -0.240. The number of ether oxygens (including phenoxy) is 1. The molecule has 1 aliphatic rings. The molecule has 0 spiro atoms. The predicted molar refractivity (Wildman–Crippen MR) is 46.7 cm³/mol. The van der Waals surface area contributed by atoms with Crippen LogP contribution in [-0.2, 0) is 9.10 Å². The Morgan fingerprint density at radius 1 is 1.00 bits per heavy atom. The molecule has 1 heterocycles. The molecular formula is C8H17O6+. The van der Waals surface area contributed by atoms with Crippen LogP contribution in [0.4, 0.5) is 0 Å². The fourth-order valence-electron chi connectivity index (χ4n) is 1.40. The van der Waals surface area contributed by atoms with Gasteiger partial charge in [0.15, 0.2) is 19.0 Å². The average molecular weight is 209 g/mol. The second-order valence-corrected chi connectivity index (χ2v) is 3.69. The minimum absolute atomic E-state index is 0.280. The zero-order valence-electron chi connectivity index (χ0n) is 8.20. The highest BCUT2D eigenvalue weighted by Gasteiger charge is 2.44. The summed E-state index contributed by atoms with van der Waals surface area (Å²) in [7, 11) is 3.39. The van der Waals surface area contributed by atoms with Crippen LogP contribution in [0.15, 0.2) is 0 Å². The second-order valence-electron chi connectivity index (χ2n) is 3.69. The third kappa shape index (κ3) is 2.41. The Balaban J connectivity index is 2.60. The monoisotopic (exact) mass is 209 g/mol. The summed E-state index contributed by atoms with van der Waals surface area (Å²) in [5.74, 6) is 0. The summed E-state index contributed by atoms with van der Waals surface area (Å²) in [4.78, 5) is 0. The highest BCUT2D eigenvalue weighted by Crippen LogP contribution is 2.20. The quantitative estimate of drug-likeness (QED) is 0.380. The molecule has 0 aromatic carbocycles. The Morgan fingerprint density at radius 3 is 2.07 bits per heavy atom. The van der Waals surface area contributed by atoms with E-state index in [0.717, 1.165) is 0 Å². The van der Waals surface area contributed by atoms with Gasteiger partial charge in [0, 0.05) is 0 Å². The maximum absolute atomic E-state index is 9.49. The third-order valence-corrected chi connectivity index (χ3v) is 2.18. The molecule has 5 atom stereocenters. The van der Waals surface area contributed by atoms with Crippen molar-refractivity contribution in [3.05, 3.63) is 0 Å². The molecule has 84 valence electrons. The molecule has 1 aliphatic heterocycles. The van der Waals surface area contributed by atoms with Crippen molar-refractivity contribution in [3.63, 3.8) is 0 Å². The summed E-state index contributed by atoms with van der Waals surface area (Å²) >= 11 is 0. The minimum atomic E-state index is -1.46. The molecule has 0 unspecified atom stereocenters. The van der Waals surface area contributed by atoms with Crippen LogP contribution in [0.25, 0.3) is 0 Å². The Bertz CT molecular complexity index is 185. The van der Waals surface area contributed by atoms with E-state index in [4.69, 9.17) is 9.84 Å². The molecular weight excluding hydrogens is 192 g/mol. The van der Waals surface area contributed by atoms with Gasteiger partial charge in [-0.3, -0.25) is 0 Å². The van der Waals surface area contributed by atoms with E-state index in [9.17, 15) is 15.3 Å². The van der Waals surface area contributed by atoms with Crippen molar-refractivity contribution in [2.75, 3.05) is 20.8 Å². The van der Waals surface area contributed by atoms with Crippen molar-refractivity contribution in [3.8, 4) is 0 Å². The standard InChI is InChI=1S/C8H17O6/c1-14(2)3-4-5(9)6(10)7(11)8(12)13-4/h4-12H,3H2,1-2H3/q+1/t4-,5+,6+,7-,8-/m1/s1. The molecule has 0 saturated carbocycles. The molecule has 0 radical (unpaired) electrons. The van der Waals surface area contributed by atoms with Crippen molar-refractivity contribution in [2.45, 2.75) is 30.7 Å². The lowest BCUT2D eigenvalue weighted by molar-refractivity contribution is -0.298. The van der Waals surface area contributed by atoms with Gasteiger partial charge in [0.1, 0.15) is 32.5 Å². The molecule has 1 fully saturated rings. The van der Waals surface area contributed by atoms with E-state index >= 15 is 0 Å². The van der Waals surface area contributed by atoms with Crippen LogP contribution in [0.2, 0.25) is 0 Å². The Morgan fingerprint density at radius 2 is 1.57 bits per heavy atom. The van der Waals surface area contributed by atoms with Gasteiger partial charge in [-0.15, -0.1) is 0 Å². The van der Waals surface area contributed by atoms with Gasteiger partial charge in [-0.2, -0.15) is 0 Å². The fraction of sp³-hybridized carbons (Fsp3) is 1.00. The van der Waals surface area contributed by atoms with Crippen molar-refractivity contribution < 1.29 is 29.5 Å². The molecule has 0 amide bonds. The van der Waals surface area contributed by atoms with E-state index < -0.39 is 30.7 Å². The smallest absolute Gasteiger partial charge is 0.184 e. The van der Waals surface area contributed by atoms with Gasteiger partial charge in [-0.25, -0.2) is 0 Å². The number of aliphatic hydroxyl groups is 4. The second kappa shape index (κ2) is 4.52. The van der Waals surface area contributed by atoms with Gasteiger partial charge in [-0.05, 0) is 0 Å². The summed E-state index contributed by atoms with van der Waals surface area (Å²) in [6.45, 7) is 0.280. The van der Waals surface area contributed by atoms with Gasteiger partial charge in [-0.1, -0.05) is 0 Å². The highest BCUT2D eigenvalue weighted by atomic mass is 16.7. The molecule has 4 N–H and O–H groups in total. The van der Waals surface area contributed by atoms with Crippen molar-refractivity contribution in [1.29, 1.82) is 0 Å². The van der Waals surface area contributed by atoms with Crippen molar-refractivity contribution >= 4 is 0 Å². The lowest BCUT2D eigenvalue weighted by atomic mass is 9.99. The molecule has 0 bridgehead atoms. The first-order chi connectivity index (χ1) is 6.43. The Labute approximate surface area is 82.0 Å². The number of aliphatic hydroxyl groups excluding tert-OH is 4. The summed E-state index contributed by atoms with van der Waals surface area (Å²) in [5, 5.41) is 37.2. The SMILES string of the molecule is C[O+](C)C[C@H]1O[C@@H](O)[C@H](O)[C@@H](O)[C@H]1O. The molecule has 1 rings (SSSR count). The van der Waals surface area contributed by atoms with Gasteiger partial charge in [0.2, 0.25) is 0 Å². The van der Waals surface area contributed by atoms with E-state index in [1.165, 1.54) is 0 Å². The summed E-state index contributed by atoms with van der Waals surface area (Å²) in [6, 6.07) is 0. The van der Waals surface area contributed by atoms with E-state index in [1.807, 2.05) is 0 Å². The van der Waals surface area contributed by atoms with Crippen LogP contribution in [0.1, 0.15) is 0 Å². The topological polar surface area (TPSA) is 92.9 Å². The van der Waals surface area contributed by atoms with E-state index in [1.54, 1.807) is 14.2 Å². The van der Waals surface area contributed by atoms with E-state index in [0.29, 0.717) is 0 Å². The van der Waals surface area contributed by atoms with Crippen molar-refractivity contribution in [2.24, 2.45) is 0 Å². The van der Waals surface area contributed by atoms with Crippen LogP contribution < -0.4 is 0 Å². The zero-order valence-corrected chi connectivity index (χ0v) is 8.20. The molecule has 0 aromatic rings. The highest BCUT2D eigenvalue weighted by molar-refractivity contribution is 4.88. The molecule has 14 heavy (non-hydrogen) atoms. The minimum Gasteiger partial charge on any atom is -0.424 e. The molecule has 0 aliphatic carbocycles. The third-order valence-electron chi connectivity index (χ3n) is 2.18. The Kier molecular flexibility index (Phi) is 3.82. The van der Waals surface area contributed by atoms with Gasteiger partial charge in [0.05, 0.1) is 0 Å². The normalized spacial score (nSPS) is 44.4. The largest absolute Gasteiger partial charge is 0.424 e. The summed E-state index contributed by atoms with van der Waals surface area (Å²) in [6.07, 6.45) is -6.25. The molecule has 0 aromatic heterocycles. The van der Waals surface area contributed by atoms with Gasteiger partial charge < -0.3 is 29.5 Å².